The number of nitrogens with one attached hydrogen (secondary N) is 1. The largest absolute Gasteiger partial charge is 0.293 e. The normalized spacial score (nSPS) is 15.7. The number of hydrogen-bond acceptors (Lipinski definition) is 8. The number of benzene rings is 1. The maximum absolute atomic E-state index is 12.7. The summed E-state index contributed by atoms with van der Waals surface area (Å²) >= 11 is 15.5. The van der Waals surface area contributed by atoms with Crippen molar-refractivity contribution in [2.45, 2.75) is 23.0 Å². The van der Waals surface area contributed by atoms with Gasteiger partial charge in [0.15, 0.2) is 4.34 Å². The summed E-state index contributed by atoms with van der Waals surface area (Å²) in [6.45, 7) is 1.98. The maximum Gasteiger partial charge on any atom is 0.293 e. The number of aromatic nitrogens is 4. The van der Waals surface area contributed by atoms with Gasteiger partial charge in [0.25, 0.3) is 11.1 Å². The van der Waals surface area contributed by atoms with E-state index >= 15 is 0 Å². The fourth-order valence-corrected chi connectivity index (χ4v) is 5.63. The van der Waals surface area contributed by atoms with Gasteiger partial charge in [-0.15, -0.1) is 16.4 Å². The first-order chi connectivity index (χ1) is 13.9. The molecule has 0 radical (unpaired) electrons. The number of carbonyl (C=O) groups is 2. The summed E-state index contributed by atoms with van der Waals surface area (Å²) in [7, 11) is 0. The van der Waals surface area contributed by atoms with Crippen molar-refractivity contribution in [2.75, 3.05) is 0 Å². The molecule has 0 aliphatic carbocycles. The second kappa shape index (κ2) is 8.49. The molecule has 7 nitrogen and oxygen atoms in total. The van der Waals surface area contributed by atoms with Gasteiger partial charge in [-0.05, 0) is 54.2 Å². The van der Waals surface area contributed by atoms with Crippen LogP contribution in [0, 0.1) is 6.92 Å². The highest BCUT2D eigenvalue weighted by Gasteiger charge is 2.35. The van der Waals surface area contributed by atoms with E-state index in [0.29, 0.717) is 30.1 Å². The predicted molar refractivity (Wildman–Crippen MR) is 115 cm³/mol. The van der Waals surface area contributed by atoms with Gasteiger partial charge in [-0.1, -0.05) is 35.3 Å². The molecule has 12 heteroatoms. The lowest BCUT2D eigenvalue weighted by molar-refractivity contribution is -0.123. The fraction of sp³-hybridized carbons (Fsp3) is 0.118. The van der Waals surface area contributed by atoms with Crippen molar-refractivity contribution in [3.05, 3.63) is 55.6 Å². The number of thiazole rings is 1. The number of carbonyl (C=O) groups excluding carboxylic acids is 2. The van der Waals surface area contributed by atoms with Crippen molar-refractivity contribution < 1.29 is 9.59 Å². The lowest BCUT2D eigenvalue weighted by atomic mass is 10.2. The molecule has 1 N–H and O–H groups in total. The Kier molecular flexibility index (Phi) is 5.98. The number of rotatable bonds is 5. The molecule has 0 saturated carbocycles. The first-order valence-electron chi connectivity index (χ1n) is 8.12. The Labute approximate surface area is 187 Å². The number of aromatic amines is 1. The second-order valence-corrected chi connectivity index (χ2v) is 9.87. The van der Waals surface area contributed by atoms with E-state index in [4.69, 9.17) is 23.2 Å². The molecule has 3 heterocycles. The first-order valence-corrected chi connectivity index (χ1v) is 11.3. The highest BCUT2D eigenvalue weighted by Crippen LogP contribution is 2.38. The molecular weight excluding hydrogens is 473 g/mol. The van der Waals surface area contributed by atoms with E-state index in [2.05, 4.69) is 20.2 Å². The highest BCUT2D eigenvalue weighted by molar-refractivity contribution is 8.18. The van der Waals surface area contributed by atoms with E-state index in [1.54, 1.807) is 37.3 Å². The standard InChI is InChI=1S/C17H11Cl2N5O2S3/c1-8-20-15(23-22-8)29-16-21-13(19)11(27-16)6-12-14(25)24(17(26)28-12)7-9-2-4-10(18)5-3-9/h2-6H,7H2,1H3,(H,20,22,23)/b12-6-. The van der Waals surface area contributed by atoms with Gasteiger partial charge in [-0.3, -0.25) is 19.6 Å². The molecule has 0 atom stereocenters. The molecule has 2 aromatic heterocycles. The average molecular weight is 484 g/mol. The second-order valence-electron chi connectivity index (χ2n) is 5.83. The van der Waals surface area contributed by atoms with Gasteiger partial charge in [0.2, 0.25) is 5.16 Å². The van der Waals surface area contributed by atoms with Crippen molar-refractivity contribution in [1.82, 2.24) is 25.1 Å². The van der Waals surface area contributed by atoms with E-state index in [1.165, 1.54) is 28.0 Å². The molecule has 2 amide bonds. The molecule has 3 aromatic rings. The predicted octanol–water partition coefficient (Wildman–Crippen LogP) is 5.26. The van der Waals surface area contributed by atoms with Gasteiger partial charge < -0.3 is 0 Å². The van der Waals surface area contributed by atoms with Gasteiger partial charge in [-0.2, -0.15) is 0 Å². The molecule has 4 rings (SSSR count). The lowest BCUT2D eigenvalue weighted by Crippen LogP contribution is -2.27. The fourth-order valence-electron chi connectivity index (χ4n) is 2.40. The third-order valence-corrected chi connectivity index (χ3v) is 7.22. The molecule has 1 aliphatic heterocycles. The van der Waals surface area contributed by atoms with Crippen molar-refractivity contribution in [3.63, 3.8) is 0 Å². The molecular formula is C17H11Cl2N5O2S3. The van der Waals surface area contributed by atoms with Gasteiger partial charge in [0.05, 0.1) is 16.3 Å². The summed E-state index contributed by atoms with van der Waals surface area (Å²) < 4.78 is 0.639. The molecule has 1 aromatic carbocycles. The van der Waals surface area contributed by atoms with Crippen LogP contribution in [0.3, 0.4) is 0 Å². The van der Waals surface area contributed by atoms with Crippen LogP contribution in [0.25, 0.3) is 6.08 Å². The summed E-state index contributed by atoms with van der Waals surface area (Å²) in [6.07, 6.45) is 1.60. The molecule has 0 spiro atoms. The Morgan fingerprint density at radius 3 is 2.66 bits per heavy atom. The summed E-state index contributed by atoms with van der Waals surface area (Å²) in [5.74, 6) is 0.336. The average Bonchev–Trinajstić information content (AvgIpc) is 3.32. The summed E-state index contributed by atoms with van der Waals surface area (Å²) in [4.78, 5) is 35.6. The zero-order chi connectivity index (χ0) is 20.5. The Balaban J connectivity index is 1.51. The van der Waals surface area contributed by atoms with E-state index in [1.807, 2.05) is 0 Å². The van der Waals surface area contributed by atoms with Crippen LogP contribution in [0.4, 0.5) is 4.79 Å². The van der Waals surface area contributed by atoms with Crippen molar-refractivity contribution in [1.29, 1.82) is 0 Å². The SMILES string of the molecule is Cc1nc(Sc2nc(Cl)c(/C=C3\SC(=O)N(Cc4ccc(Cl)cc4)C3=O)s2)n[nH]1. The minimum Gasteiger partial charge on any atom is -0.268 e. The molecule has 0 unspecified atom stereocenters. The third-order valence-electron chi connectivity index (χ3n) is 3.74. The molecule has 0 bridgehead atoms. The number of thioether (sulfide) groups is 1. The Hall–Kier alpha value is -1.85. The minimum atomic E-state index is -0.363. The van der Waals surface area contributed by atoms with E-state index < -0.39 is 0 Å². The quantitative estimate of drug-likeness (QED) is 0.494. The lowest BCUT2D eigenvalue weighted by Gasteiger charge is -2.12. The van der Waals surface area contributed by atoms with Gasteiger partial charge in [0, 0.05) is 5.02 Å². The number of aryl methyl sites for hydroxylation is 1. The highest BCUT2D eigenvalue weighted by atomic mass is 35.5. The van der Waals surface area contributed by atoms with Crippen LogP contribution in [0.2, 0.25) is 10.2 Å². The number of nitrogens with zero attached hydrogens (tertiary/aromatic N) is 4. The van der Waals surface area contributed by atoms with Crippen molar-refractivity contribution >= 4 is 75.3 Å². The first kappa shape index (κ1) is 20.4. The number of H-pyrrole nitrogens is 1. The molecule has 148 valence electrons. The maximum atomic E-state index is 12.7. The molecule has 1 saturated heterocycles. The van der Waals surface area contributed by atoms with Gasteiger partial charge >= 0.3 is 0 Å². The number of hydrogen-bond donors (Lipinski definition) is 1. The van der Waals surface area contributed by atoms with Crippen LogP contribution >= 0.6 is 58.1 Å². The van der Waals surface area contributed by atoms with E-state index in [-0.39, 0.29) is 22.8 Å². The molecule has 29 heavy (non-hydrogen) atoms. The Morgan fingerprint density at radius 1 is 1.21 bits per heavy atom. The number of amides is 2. The van der Waals surface area contributed by atoms with E-state index in [9.17, 15) is 9.59 Å². The number of imide groups is 1. The topological polar surface area (TPSA) is 91.8 Å². The Bertz CT molecular complexity index is 1130. The van der Waals surface area contributed by atoms with Crippen LogP contribution in [0.5, 0.6) is 0 Å². The van der Waals surface area contributed by atoms with Crippen LogP contribution in [0.1, 0.15) is 16.3 Å². The Morgan fingerprint density at radius 2 is 1.97 bits per heavy atom. The molecule has 1 aliphatic rings. The van der Waals surface area contributed by atoms with Crippen LogP contribution in [-0.2, 0) is 11.3 Å². The van der Waals surface area contributed by atoms with Crippen LogP contribution in [-0.4, -0.2) is 36.2 Å². The zero-order valence-corrected chi connectivity index (χ0v) is 18.6. The number of halogens is 2. The van der Waals surface area contributed by atoms with Gasteiger partial charge in [-0.25, -0.2) is 9.97 Å². The summed E-state index contributed by atoms with van der Waals surface area (Å²) in [6, 6.07) is 7.00. The van der Waals surface area contributed by atoms with Crippen LogP contribution < -0.4 is 0 Å². The van der Waals surface area contributed by atoms with Crippen molar-refractivity contribution in [3.8, 4) is 0 Å². The summed E-state index contributed by atoms with van der Waals surface area (Å²) in [5, 5.41) is 7.86. The summed E-state index contributed by atoms with van der Waals surface area (Å²) in [5.41, 5.74) is 0.814. The van der Waals surface area contributed by atoms with Crippen molar-refractivity contribution in [2.24, 2.45) is 0 Å². The zero-order valence-electron chi connectivity index (χ0n) is 14.7. The minimum absolute atomic E-state index is 0.181. The monoisotopic (exact) mass is 483 g/mol. The van der Waals surface area contributed by atoms with Crippen LogP contribution in [0.15, 0.2) is 38.7 Å². The van der Waals surface area contributed by atoms with Gasteiger partial charge in [0.1, 0.15) is 11.0 Å². The smallest absolute Gasteiger partial charge is 0.268 e. The third kappa shape index (κ3) is 4.67. The van der Waals surface area contributed by atoms with E-state index in [0.717, 1.165) is 17.3 Å². The molecule has 1 fully saturated rings.